The van der Waals surface area contributed by atoms with Crippen molar-refractivity contribution in [3.8, 4) is 6.01 Å². The van der Waals surface area contributed by atoms with Crippen LogP contribution in [-0.2, 0) is 17.8 Å². The third kappa shape index (κ3) is 4.77. The van der Waals surface area contributed by atoms with Crippen LogP contribution in [0, 0.1) is 11.3 Å². The molecule has 2 aromatic carbocycles. The van der Waals surface area contributed by atoms with Crippen LogP contribution in [0.25, 0.3) is 10.8 Å². The van der Waals surface area contributed by atoms with E-state index in [2.05, 4.69) is 46.0 Å². The number of nitrogens with zero attached hydrogens (tertiary/aromatic N) is 5. The van der Waals surface area contributed by atoms with Gasteiger partial charge in [0.05, 0.1) is 17.3 Å². The lowest BCUT2D eigenvalue weighted by atomic mass is 9.90. The Morgan fingerprint density at radius 3 is 2.78 bits per heavy atom. The number of hydrogen-bond acceptors (Lipinski definition) is 7. The number of aromatic nitrogens is 2. The number of carbonyl (C=O) groups excluding carboxylic acids is 1. The van der Waals surface area contributed by atoms with Crippen molar-refractivity contribution in [2.24, 2.45) is 11.3 Å². The number of likely N-dealkylation sites (tertiary alicyclic amines) is 1. The summed E-state index contributed by atoms with van der Waals surface area (Å²) < 4.78 is 6.32. The summed E-state index contributed by atoms with van der Waals surface area (Å²) in [7, 11) is 2.16. The second-order valence-corrected chi connectivity index (χ2v) is 12.7. The molecular formula is C33H38ClN5O2. The zero-order valence-electron chi connectivity index (χ0n) is 24.0. The quantitative estimate of drug-likeness (QED) is 0.338. The maximum absolute atomic E-state index is 12.8. The van der Waals surface area contributed by atoms with Crippen LogP contribution in [0.1, 0.15) is 43.9 Å². The van der Waals surface area contributed by atoms with Crippen molar-refractivity contribution in [3.05, 3.63) is 64.8 Å². The Morgan fingerprint density at radius 2 is 2.00 bits per heavy atom. The number of ketones is 1. The Bertz CT molecular complexity index is 1520. The van der Waals surface area contributed by atoms with Gasteiger partial charge in [-0.05, 0) is 82.1 Å². The molecule has 214 valence electrons. The molecule has 1 aliphatic carbocycles. The Labute approximate surface area is 247 Å². The third-order valence-corrected chi connectivity index (χ3v) is 10.2. The van der Waals surface area contributed by atoms with E-state index in [1.807, 2.05) is 25.1 Å². The molecule has 2 unspecified atom stereocenters. The zero-order valence-corrected chi connectivity index (χ0v) is 24.7. The van der Waals surface area contributed by atoms with Gasteiger partial charge in [-0.3, -0.25) is 4.79 Å². The normalized spacial score (nSPS) is 25.9. The molecule has 0 radical (unpaired) electrons. The highest BCUT2D eigenvalue weighted by molar-refractivity contribution is 6.36. The molecule has 2 saturated heterocycles. The summed E-state index contributed by atoms with van der Waals surface area (Å²) in [6, 6.07) is 13.3. The molecule has 3 aliphatic heterocycles. The highest BCUT2D eigenvalue weighted by Gasteiger charge is 2.60. The van der Waals surface area contributed by atoms with Gasteiger partial charge in [-0.2, -0.15) is 9.97 Å². The number of ether oxygens (including phenoxy) is 1. The van der Waals surface area contributed by atoms with Crippen LogP contribution in [0.2, 0.25) is 5.02 Å². The van der Waals surface area contributed by atoms with Crippen molar-refractivity contribution < 1.29 is 9.53 Å². The maximum Gasteiger partial charge on any atom is 0.318 e. The fraction of sp³-hybridized carbons (Fsp3) is 0.485. The summed E-state index contributed by atoms with van der Waals surface area (Å²) in [5.74, 6) is 1.68. The summed E-state index contributed by atoms with van der Waals surface area (Å²) >= 11 is 6.71. The summed E-state index contributed by atoms with van der Waals surface area (Å²) in [6.45, 7) is 6.86. The van der Waals surface area contributed by atoms with E-state index in [1.54, 1.807) is 6.08 Å². The average Bonchev–Trinajstić information content (AvgIpc) is 3.60. The first-order valence-electron chi connectivity index (χ1n) is 15.0. The standard InChI is InChI=1S/C33H38ClN5O2/c1-3-7-29(40)33-14-17-39(19-23(33)18-33)31-25-13-16-38(28-12-5-9-22-8-4-11-26(34)30(22)28)20-27(25)35-32(36-31)41-21-24-10-6-15-37(24)2/h3-5,7-9,11-12,23-24H,6,10,13-21H2,1-2H3/b7-3+/t23?,24-,33?/m0/s1. The summed E-state index contributed by atoms with van der Waals surface area (Å²) in [5.41, 5.74) is 3.22. The van der Waals surface area contributed by atoms with Gasteiger partial charge < -0.3 is 19.4 Å². The van der Waals surface area contributed by atoms with Crippen molar-refractivity contribution in [2.75, 3.05) is 49.6 Å². The largest absolute Gasteiger partial charge is 0.462 e. The highest BCUT2D eigenvalue weighted by atomic mass is 35.5. The molecule has 41 heavy (non-hydrogen) atoms. The van der Waals surface area contributed by atoms with Gasteiger partial charge in [0.1, 0.15) is 12.4 Å². The number of allylic oxidation sites excluding steroid dienone is 2. The Hall–Kier alpha value is -3.16. The molecule has 7 nitrogen and oxygen atoms in total. The van der Waals surface area contributed by atoms with Crippen LogP contribution >= 0.6 is 11.6 Å². The Kier molecular flexibility index (Phi) is 6.90. The number of fused-ring (bicyclic) bond motifs is 3. The molecule has 0 amide bonds. The van der Waals surface area contributed by atoms with Crippen LogP contribution in [0.4, 0.5) is 11.5 Å². The molecular weight excluding hydrogens is 534 g/mol. The average molecular weight is 572 g/mol. The molecule has 1 aromatic heterocycles. The monoisotopic (exact) mass is 571 g/mol. The predicted molar refractivity (Wildman–Crippen MR) is 164 cm³/mol. The number of likely N-dealkylation sites (N-methyl/N-ethyl adjacent to an activating group) is 1. The fourth-order valence-electron chi connectivity index (χ4n) is 7.37. The Morgan fingerprint density at radius 1 is 1.15 bits per heavy atom. The Balaban J connectivity index is 1.20. The van der Waals surface area contributed by atoms with Gasteiger partial charge in [-0.15, -0.1) is 0 Å². The molecule has 1 saturated carbocycles. The number of rotatable bonds is 7. The highest BCUT2D eigenvalue weighted by Crippen LogP contribution is 2.59. The minimum absolute atomic E-state index is 0.160. The number of benzene rings is 2. The molecule has 0 spiro atoms. The number of carbonyl (C=O) groups is 1. The molecule has 0 N–H and O–H groups in total. The van der Waals surface area contributed by atoms with Crippen molar-refractivity contribution in [2.45, 2.75) is 51.6 Å². The second-order valence-electron chi connectivity index (χ2n) is 12.2. The molecule has 4 aliphatic rings. The molecule has 3 aromatic rings. The maximum atomic E-state index is 12.8. The van der Waals surface area contributed by atoms with Crippen molar-refractivity contribution in [1.29, 1.82) is 0 Å². The third-order valence-electron chi connectivity index (χ3n) is 9.88. The summed E-state index contributed by atoms with van der Waals surface area (Å²) in [5, 5.41) is 3.00. The second kappa shape index (κ2) is 10.6. The lowest BCUT2D eigenvalue weighted by molar-refractivity contribution is -0.120. The number of anilines is 2. The number of piperidine rings is 1. The zero-order chi connectivity index (χ0) is 28.1. The van der Waals surface area contributed by atoms with E-state index in [-0.39, 0.29) is 5.41 Å². The van der Waals surface area contributed by atoms with E-state index >= 15 is 0 Å². The van der Waals surface area contributed by atoms with E-state index in [0.717, 1.165) is 84.9 Å². The summed E-state index contributed by atoms with van der Waals surface area (Å²) in [6.07, 6.45) is 8.69. The van der Waals surface area contributed by atoms with Crippen LogP contribution in [-0.4, -0.2) is 66.5 Å². The molecule has 3 fully saturated rings. The van der Waals surface area contributed by atoms with Crippen molar-refractivity contribution >= 4 is 39.7 Å². The smallest absolute Gasteiger partial charge is 0.318 e. The molecule has 0 bridgehead atoms. The summed E-state index contributed by atoms with van der Waals surface area (Å²) in [4.78, 5) is 30.1. The first-order valence-corrected chi connectivity index (χ1v) is 15.4. The SMILES string of the molecule is C/C=C/C(=O)C12CCN(c3nc(OC[C@@H]4CCCN4C)nc4c3CCN(c3cccc5cccc(Cl)c35)C4)CC1C2. The predicted octanol–water partition coefficient (Wildman–Crippen LogP) is 5.68. The van der Waals surface area contributed by atoms with Crippen molar-refractivity contribution in [3.63, 3.8) is 0 Å². The minimum Gasteiger partial charge on any atom is -0.462 e. The van der Waals surface area contributed by atoms with Crippen LogP contribution < -0.4 is 14.5 Å². The van der Waals surface area contributed by atoms with Gasteiger partial charge in [0, 0.05) is 47.7 Å². The van der Waals surface area contributed by atoms with E-state index in [4.69, 9.17) is 26.3 Å². The lowest BCUT2D eigenvalue weighted by Crippen LogP contribution is -2.40. The first kappa shape index (κ1) is 26.7. The number of halogens is 1. The fourth-order valence-corrected chi connectivity index (χ4v) is 7.65. The molecule has 3 atom stereocenters. The van der Waals surface area contributed by atoms with E-state index in [0.29, 0.717) is 36.9 Å². The van der Waals surface area contributed by atoms with Crippen LogP contribution in [0.5, 0.6) is 6.01 Å². The van der Waals surface area contributed by atoms with Crippen molar-refractivity contribution in [1.82, 2.24) is 14.9 Å². The van der Waals surface area contributed by atoms with Gasteiger partial charge in [-0.1, -0.05) is 41.9 Å². The van der Waals surface area contributed by atoms with Gasteiger partial charge >= 0.3 is 6.01 Å². The molecule has 8 heteroatoms. The van der Waals surface area contributed by atoms with Crippen LogP contribution in [0.3, 0.4) is 0 Å². The van der Waals surface area contributed by atoms with Gasteiger partial charge in [0.2, 0.25) is 0 Å². The van der Waals surface area contributed by atoms with Crippen LogP contribution in [0.15, 0.2) is 48.6 Å². The van der Waals surface area contributed by atoms with E-state index in [9.17, 15) is 4.79 Å². The lowest BCUT2D eigenvalue weighted by Gasteiger charge is -2.36. The van der Waals surface area contributed by atoms with Gasteiger partial charge in [0.15, 0.2) is 5.78 Å². The molecule has 7 rings (SSSR count). The topological polar surface area (TPSA) is 61.8 Å². The first-order chi connectivity index (χ1) is 20.0. The minimum atomic E-state index is -0.160. The van der Waals surface area contributed by atoms with E-state index < -0.39 is 0 Å². The molecule has 4 heterocycles. The van der Waals surface area contributed by atoms with Gasteiger partial charge in [0.25, 0.3) is 0 Å². The van der Waals surface area contributed by atoms with E-state index in [1.165, 1.54) is 12.0 Å². The number of hydrogen-bond donors (Lipinski definition) is 0. The van der Waals surface area contributed by atoms with Gasteiger partial charge in [-0.25, -0.2) is 0 Å².